The molecule has 230 valence electrons. The molecule has 0 amide bonds. The lowest BCUT2D eigenvalue weighted by atomic mass is 9.95. The molecule has 0 saturated heterocycles. The van der Waals surface area contributed by atoms with Crippen LogP contribution in [-0.4, -0.2) is 15.0 Å². The maximum Gasteiger partial charge on any atom is 0.165 e. The third kappa shape index (κ3) is 5.48. The average molecular weight is 644 g/mol. The first-order valence-electron chi connectivity index (χ1n) is 16.4. The third-order valence-electron chi connectivity index (χ3n) is 8.98. The summed E-state index contributed by atoms with van der Waals surface area (Å²) in [6.07, 6.45) is 0. The van der Waals surface area contributed by atoms with Gasteiger partial charge in [0.25, 0.3) is 0 Å². The first-order chi connectivity index (χ1) is 24.3. The van der Waals surface area contributed by atoms with Crippen LogP contribution in [0.4, 0.5) is 0 Å². The fourth-order valence-electron chi connectivity index (χ4n) is 6.54. The summed E-state index contributed by atoms with van der Waals surface area (Å²) >= 11 is 1.79. The van der Waals surface area contributed by atoms with Crippen molar-refractivity contribution in [3.05, 3.63) is 176 Å². The Balaban J connectivity index is 1.16. The molecule has 49 heavy (non-hydrogen) atoms. The van der Waals surface area contributed by atoms with Gasteiger partial charge in [-0.25, -0.2) is 15.0 Å². The summed E-state index contributed by atoms with van der Waals surface area (Å²) < 4.78 is 2.43. The van der Waals surface area contributed by atoms with Crippen molar-refractivity contribution >= 4 is 31.5 Å². The zero-order valence-electron chi connectivity index (χ0n) is 26.5. The molecule has 3 nitrogen and oxygen atoms in total. The Morgan fingerprint density at radius 3 is 1.55 bits per heavy atom. The highest BCUT2D eigenvalue weighted by atomic mass is 32.1. The van der Waals surface area contributed by atoms with Crippen LogP contribution in [0.2, 0.25) is 0 Å². The molecule has 0 aliphatic heterocycles. The fraction of sp³-hybridized carbons (Fsp3) is 0. The molecule has 9 aromatic rings. The molecule has 9 rings (SSSR count). The number of nitrogens with zero attached hydrogens (tertiary/aromatic N) is 3. The standard InChI is InChI=1S/C45H29N3S/c1-3-13-30(14-4-1)34-17-11-18-35(29-34)31-25-27-32(28-26-31)36-19-7-8-21-39(36)44-46-43(33-15-5-2-6-16-33)47-45(48-44)40-23-12-22-38-37-20-9-10-24-41(37)49-42(38)40/h1-29H. The van der Waals surface area contributed by atoms with Gasteiger partial charge >= 0.3 is 0 Å². The van der Waals surface area contributed by atoms with Gasteiger partial charge in [0.05, 0.1) is 0 Å². The molecule has 0 radical (unpaired) electrons. The van der Waals surface area contributed by atoms with Crippen molar-refractivity contribution in [1.82, 2.24) is 15.0 Å². The highest BCUT2D eigenvalue weighted by Crippen LogP contribution is 2.40. The Morgan fingerprint density at radius 1 is 0.306 bits per heavy atom. The van der Waals surface area contributed by atoms with Gasteiger partial charge in [0.15, 0.2) is 17.5 Å². The van der Waals surface area contributed by atoms with E-state index in [2.05, 4.69) is 158 Å². The predicted molar refractivity (Wildman–Crippen MR) is 205 cm³/mol. The summed E-state index contributed by atoms with van der Waals surface area (Å²) in [4.78, 5) is 15.4. The molecule has 7 aromatic carbocycles. The van der Waals surface area contributed by atoms with Crippen molar-refractivity contribution in [1.29, 1.82) is 0 Å². The minimum atomic E-state index is 0.650. The van der Waals surface area contributed by atoms with Crippen LogP contribution in [-0.2, 0) is 0 Å². The highest BCUT2D eigenvalue weighted by Gasteiger charge is 2.18. The second-order valence-electron chi connectivity index (χ2n) is 12.0. The van der Waals surface area contributed by atoms with Crippen LogP contribution < -0.4 is 0 Å². The van der Waals surface area contributed by atoms with E-state index in [4.69, 9.17) is 15.0 Å². The molecule has 4 heteroatoms. The van der Waals surface area contributed by atoms with Crippen molar-refractivity contribution in [2.75, 3.05) is 0 Å². The van der Waals surface area contributed by atoms with E-state index in [-0.39, 0.29) is 0 Å². The number of rotatable bonds is 6. The number of fused-ring (bicyclic) bond motifs is 3. The van der Waals surface area contributed by atoms with Gasteiger partial charge in [0, 0.05) is 36.9 Å². The molecule has 0 aliphatic carbocycles. The lowest BCUT2D eigenvalue weighted by Crippen LogP contribution is -2.01. The molecular weight excluding hydrogens is 615 g/mol. The lowest BCUT2D eigenvalue weighted by Gasteiger charge is -2.13. The van der Waals surface area contributed by atoms with Gasteiger partial charge in [-0.1, -0.05) is 158 Å². The minimum absolute atomic E-state index is 0.650. The maximum atomic E-state index is 5.19. The first kappa shape index (κ1) is 29.0. The number of aromatic nitrogens is 3. The SMILES string of the molecule is c1ccc(-c2cccc(-c3ccc(-c4ccccc4-c4nc(-c5ccccc5)nc(-c5cccc6c5sc5ccccc56)n4)cc3)c2)cc1. The molecule has 0 N–H and O–H groups in total. The molecule has 0 spiro atoms. The van der Waals surface area contributed by atoms with Crippen molar-refractivity contribution in [3.8, 4) is 67.5 Å². The summed E-state index contributed by atoms with van der Waals surface area (Å²) in [5, 5.41) is 2.47. The Bertz CT molecular complexity index is 2590. The largest absolute Gasteiger partial charge is 0.208 e. The quantitative estimate of drug-likeness (QED) is 0.181. The van der Waals surface area contributed by atoms with E-state index in [9.17, 15) is 0 Å². The third-order valence-corrected chi connectivity index (χ3v) is 10.2. The van der Waals surface area contributed by atoms with Gasteiger partial charge in [-0.3, -0.25) is 0 Å². The average Bonchev–Trinajstić information content (AvgIpc) is 3.58. The first-order valence-corrected chi connectivity index (χ1v) is 17.2. The molecule has 0 saturated carbocycles. The van der Waals surface area contributed by atoms with E-state index >= 15 is 0 Å². The molecule has 0 unspecified atom stereocenters. The number of benzene rings is 7. The van der Waals surface area contributed by atoms with Gasteiger partial charge < -0.3 is 0 Å². The van der Waals surface area contributed by atoms with Crippen LogP contribution >= 0.6 is 11.3 Å². The molecule has 0 fully saturated rings. The molecule has 0 atom stereocenters. The second-order valence-corrected chi connectivity index (χ2v) is 13.1. The van der Waals surface area contributed by atoms with Crippen molar-refractivity contribution in [3.63, 3.8) is 0 Å². The Kier molecular flexibility index (Phi) is 7.34. The minimum Gasteiger partial charge on any atom is -0.208 e. The Hall–Kier alpha value is -6.23. The number of hydrogen-bond acceptors (Lipinski definition) is 4. The Labute approximate surface area is 288 Å². The van der Waals surface area contributed by atoms with E-state index in [1.165, 1.54) is 42.4 Å². The van der Waals surface area contributed by atoms with Crippen LogP contribution in [0.1, 0.15) is 0 Å². The summed E-state index contributed by atoms with van der Waals surface area (Å²) in [6.45, 7) is 0. The monoisotopic (exact) mass is 643 g/mol. The molecule has 0 bridgehead atoms. The van der Waals surface area contributed by atoms with Crippen molar-refractivity contribution in [2.24, 2.45) is 0 Å². The van der Waals surface area contributed by atoms with Crippen LogP contribution in [0, 0.1) is 0 Å². The van der Waals surface area contributed by atoms with Gasteiger partial charge in [-0.05, 0) is 51.6 Å². The van der Waals surface area contributed by atoms with Gasteiger partial charge in [-0.2, -0.15) is 0 Å². The topological polar surface area (TPSA) is 38.7 Å². The number of hydrogen-bond donors (Lipinski definition) is 0. The smallest absolute Gasteiger partial charge is 0.165 e. The van der Waals surface area contributed by atoms with Crippen LogP contribution in [0.3, 0.4) is 0 Å². The Morgan fingerprint density at radius 2 is 0.796 bits per heavy atom. The molecule has 2 aromatic heterocycles. The van der Waals surface area contributed by atoms with Gasteiger partial charge in [0.2, 0.25) is 0 Å². The van der Waals surface area contributed by atoms with Crippen LogP contribution in [0.25, 0.3) is 87.7 Å². The molecular formula is C45H29N3S. The zero-order chi connectivity index (χ0) is 32.6. The van der Waals surface area contributed by atoms with E-state index in [0.29, 0.717) is 17.5 Å². The van der Waals surface area contributed by atoms with Gasteiger partial charge in [-0.15, -0.1) is 11.3 Å². The van der Waals surface area contributed by atoms with Crippen LogP contribution in [0.15, 0.2) is 176 Å². The zero-order valence-corrected chi connectivity index (χ0v) is 27.3. The van der Waals surface area contributed by atoms with Crippen LogP contribution in [0.5, 0.6) is 0 Å². The van der Waals surface area contributed by atoms with E-state index in [1.54, 1.807) is 11.3 Å². The fourth-order valence-corrected chi connectivity index (χ4v) is 7.75. The summed E-state index contributed by atoms with van der Waals surface area (Å²) in [7, 11) is 0. The normalized spacial score (nSPS) is 11.3. The maximum absolute atomic E-state index is 5.19. The van der Waals surface area contributed by atoms with Crippen molar-refractivity contribution in [2.45, 2.75) is 0 Å². The summed E-state index contributed by atoms with van der Waals surface area (Å²) in [5.74, 6) is 1.98. The summed E-state index contributed by atoms with van der Waals surface area (Å²) in [6, 6.07) is 61.6. The lowest BCUT2D eigenvalue weighted by molar-refractivity contribution is 1.08. The van der Waals surface area contributed by atoms with E-state index < -0.39 is 0 Å². The highest BCUT2D eigenvalue weighted by molar-refractivity contribution is 7.26. The molecule has 2 heterocycles. The van der Waals surface area contributed by atoms with Gasteiger partial charge in [0.1, 0.15) is 0 Å². The predicted octanol–water partition coefficient (Wildman–Crippen LogP) is 12.2. The molecule has 0 aliphatic rings. The number of thiophene rings is 1. The summed E-state index contributed by atoms with van der Waals surface area (Å²) in [5.41, 5.74) is 9.89. The van der Waals surface area contributed by atoms with E-state index in [1.807, 2.05) is 18.2 Å². The second kappa shape index (κ2) is 12.4. The van der Waals surface area contributed by atoms with Crippen molar-refractivity contribution < 1.29 is 0 Å². The van der Waals surface area contributed by atoms with E-state index in [0.717, 1.165) is 27.8 Å².